The maximum absolute atomic E-state index is 12.5. The number of halogens is 1. The van der Waals surface area contributed by atoms with Crippen LogP contribution in [0.3, 0.4) is 0 Å². The van der Waals surface area contributed by atoms with Crippen molar-refractivity contribution in [1.29, 1.82) is 0 Å². The predicted molar refractivity (Wildman–Crippen MR) is 88.9 cm³/mol. The van der Waals surface area contributed by atoms with Gasteiger partial charge in [-0.2, -0.15) is 0 Å². The van der Waals surface area contributed by atoms with Gasteiger partial charge in [-0.25, -0.2) is 0 Å². The van der Waals surface area contributed by atoms with Gasteiger partial charge in [0.05, 0.1) is 8.45 Å². The van der Waals surface area contributed by atoms with E-state index in [9.17, 15) is 4.79 Å². The van der Waals surface area contributed by atoms with E-state index < -0.39 is 0 Å². The predicted octanol–water partition coefficient (Wildman–Crippen LogP) is 3.35. The average Bonchev–Trinajstić information content (AvgIpc) is 2.85. The molecule has 1 N–H and O–H groups in total. The summed E-state index contributed by atoms with van der Waals surface area (Å²) in [5.74, 6) is 0.188. The van der Waals surface area contributed by atoms with Crippen LogP contribution in [0.25, 0.3) is 0 Å². The fraction of sp³-hybridized carbons (Fsp3) is 0.643. The van der Waals surface area contributed by atoms with Crippen LogP contribution in [0.15, 0.2) is 11.4 Å². The first-order valence-electron chi connectivity index (χ1n) is 6.97. The molecule has 1 atom stereocenters. The molecule has 5 heteroatoms. The van der Waals surface area contributed by atoms with Gasteiger partial charge in [0.1, 0.15) is 0 Å². The molecular weight excluding hydrogens is 371 g/mol. The third kappa shape index (κ3) is 4.43. The number of rotatable bonds is 5. The highest BCUT2D eigenvalue weighted by atomic mass is 127. The zero-order chi connectivity index (χ0) is 13.7. The number of nitrogens with one attached hydrogen (secondary N) is 1. The van der Waals surface area contributed by atoms with Crippen LogP contribution in [0.5, 0.6) is 0 Å². The lowest BCUT2D eigenvalue weighted by Crippen LogP contribution is -2.46. The normalized spacial score (nSPS) is 19.4. The molecule has 0 radical (unpaired) electrons. The Morgan fingerprint density at radius 3 is 3.00 bits per heavy atom. The molecule has 1 aliphatic heterocycles. The van der Waals surface area contributed by atoms with E-state index in [1.165, 1.54) is 22.1 Å². The van der Waals surface area contributed by atoms with Gasteiger partial charge in [0, 0.05) is 24.5 Å². The molecule has 19 heavy (non-hydrogen) atoms. The number of hydrogen-bond donors (Lipinski definition) is 1. The number of hydrogen-bond acceptors (Lipinski definition) is 3. The van der Waals surface area contributed by atoms with Crippen molar-refractivity contribution >= 4 is 39.8 Å². The van der Waals surface area contributed by atoms with Crippen molar-refractivity contribution in [3.63, 3.8) is 0 Å². The van der Waals surface area contributed by atoms with Gasteiger partial charge in [0.15, 0.2) is 0 Å². The summed E-state index contributed by atoms with van der Waals surface area (Å²) in [7, 11) is 0. The molecule has 1 saturated heterocycles. The zero-order valence-corrected chi connectivity index (χ0v) is 14.3. The van der Waals surface area contributed by atoms with Gasteiger partial charge in [-0.3, -0.25) is 4.79 Å². The van der Waals surface area contributed by atoms with E-state index >= 15 is 0 Å². The van der Waals surface area contributed by atoms with Crippen molar-refractivity contribution in [2.24, 2.45) is 0 Å². The Morgan fingerprint density at radius 1 is 1.58 bits per heavy atom. The summed E-state index contributed by atoms with van der Waals surface area (Å²) in [6.45, 7) is 4.92. The van der Waals surface area contributed by atoms with Crippen LogP contribution in [0, 0.1) is 2.88 Å². The number of thiophene rings is 1. The Hall–Kier alpha value is -0.140. The first-order valence-corrected chi connectivity index (χ1v) is 8.93. The largest absolute Gasteiger partial charge is 0.337 e. The minimum absolute atomic E-state index is 0.188. The van der Waals surface area contributed by atoms with E-state index in [4.69, 9.17) is 0 Å². The maximum Gasteiger partial charge on any atom is 0.254 e. The lowest BCUT2D eigenvalue weighted by Gasteiger charge is -2.30. The summed E-state index contributed by atoms with van der Waals surface area (Å²) in [6.07, 6.45) is 4.75. The highest BCUT2D eigenvalue weighted by molar-refractivity contribution is 14.1. The molecule has 1 aromatic heterocycles. The van der Waals surface area contributed by atoms with E-state index in [0.29, 0.717) is 6.04 Å². The monoisotopic (exact) mass is 392 g/mol. The van der Waals surface area contributed by atoms with Crippen LogP contribution < -0.4 is 5.32 Å². The Bertz CT molecular complexity index is 415. The van der Waals surface area contributed by atoms with Crippen LogP contribution in [0.4, 0.5) is 0 Å². The topological polar surface area (TPSA) is 32.3 Å². The molecule has 0 aliphatic carbocycles. The Labute approximate surface area is 132 Å². The number of carbonyl (C=O) groups excluding carboxylic acids is 1. The second-order valence-corrected chi connectivity index (χ2v) is 7.84. The molecular formula is C14H21IN2OS. The fourth-order valence-corrected chi connectivity index (χ4v) is 3.82. The van der Waals surface area contributed by atoms with E-state index in [1.807, 2.05) is 16.3 Å². The van der Waals surface area contributed by atoms with Crippen molar-refractivity contribution in [2.45, 2.75) is 38.6 Å². The summed E-state index contributed by atoms with van der Waals surface area (Å²) in [6, 6.07) is 2.46. The van der Waals surface area contributed by atoms with Crippen molar-refractivity contribution < 1.29 is 4.79 Å². The number of piperidine rings is 1. The van der Waals surface area contributed by atoms with Crippen molar-refractivity contribution in [3.05, 3.63) is 19.9 Å². The quantitative estimate of drug-likeness (QED) is 0.780. The Morgan fingerprint density at radius 2 is 2.42 bits per heavy atom. The van der Waals surface area contributed by atoms with Crippen LogP contribution in [0.1, 0.15) is 43.0 Å². The summed E-state index contributed by atoms with van der Waals surface area (Å²) >= 11 is 3.91. The molecule has 1 fully saturated rings. The van der Waals surface area contributed by atoms with Crippen LogP contribution in [-0.2, 0) is 0 Å². The Balaban J connectivity index is 1.99. The molecule has 3 nitrogen and oxygen atoms in total. The molecule has 1 aliphatic rings. The molecule has 1 aromatic rings. The molecule has 0 saturated carbocycles. The first kappa shape index (κ1) is 15.3. The van der Waals surface area contributed by atoms with E-state index in [2.05, 4.69) is 34.8 Å². The minimum atomic E-state index is 0.188. The standard InChI is InChI=1S/C14H21IN2OS/c1-2-7-17(9-12-5-3-4-6-16-12)14(18)11-8-13(15)19-10-11/h8,10,12,16H,2-7,9H2,1H3. The van der Waals surface area contributed by atoms with Crippen LogP contribution >= 0.6 is 33.9 Å². The zero-order valence-electron chi connectivity index (χ0n) is 11.3. The number of nitrogens with zero attached hydrogens (tertiary/aromatic N) is 1. The molecule has 0 bridgehead atoms. The second-order valence-electron chi connectivity index (χ2n) is 5.04. The molecule has 2 heterocycles. The van der Waals surface area contributed by atoms with Gasteiger partial charge in [0.2, 0.25) is 0 Å². The third-order valence-corrected chi connectivity index (χ3v) is 5.24. The highest BCUT2D eigenvalue weighted by Gasteiger charge is 2.21. The summed E-state index contributed by atoms with van der Waals surface area (Å²) in [5.41, 5.74) is 0.846. The van der Waals surface area contributed by atoms with Crippen molar-refractivity contribution in [1.82, 2.24) is 10.2 Å². The van der Waals surface area contributed by atoms with Gasteiger partial charge in [-0.1, -0.05) is 13.3 Å². The lowest BCUT2D eigenvalue weighted by atomic mass is 10.0. The van der Waals surface area contributed by atoms with Gasteiger partial charge >= 0.3 is 0 Å². The number of carbonyl (C=O) groups is 1. The molecule has 0 spiro atoms. The maximum atomic E-state index is 12.5. The SMILES string of the molecule is CCCN(CC1CCCCN1)C(=O)c1csc(I)c1. The van der Waals surface area contributed by atoms with Gasteiger partial charge in [-0.05, 0) is 54.5 Å². The minimum Gasteiger partial charge on any atom is -0.337 e. The molecule has 2 rings (SSSR count). The van der Waals surface area contributed by atoms with Gasteiger partial charge < -0.3 is 10.2 Å². The smallest absolute Gasteiger partial charge is 0.254 e. The van der Waals surface area contributed by atoms with Crippen molar-refractivity contribution in [2.75, 3.05) is 19.6 Å². The van der Waals surface area contributed by atoms with Crippen LogP contribution in [-0.4, -0.2) is 36.5 Å². The Kier molecular flexibility index (Phi) is 6.09. The van der Waals surface area contributed by atoms with Gasteiger partial charge in [-0.15, -0.1) is 11.3 Å². The summed E-state index contributed by atoms with van der Waals surface area (Å²) < 4.78 is 1.17. The van der Waals surface area contributed by atoms with E-state index in [0.717, 1.165) is 31.6 Å². The first-order chi connectivity index (χ1) is 9.20. The fourth-order valence-electron chi connectivity index (χ4n) is 2.50. The summed E-state index contributed by atoms with van der Waals surface area (Å²) in [5, 5.41) is 5.50. The molecule has 106 valence electrons. The van der Waals surface area contributed by atoms with E-state index in [1.54, 1.807) is 11.3 Å². The van der Waals surface area contributed by atoms with Gasteiger partial charge in [0.25, 0.3) is 5.91 Å². The molecule has 1 unspecified atom stereocenters. The van der Waals surface area contributed by atoms with Crippen molar-refractivity contribution in [3.8, 4) is 0 Å². The average molecular weight is 392 g/mol. The number of amides is 1. The third-order valence-electron chi connectivity index (χ3n) is 3.45. The summed E-state index contributed by atoms with van der Waals surface area (Å²) in [4.78, 5) is 14.5. The lowest BCUT2D eigenvalue weighted by molar-refractivity contribution is 0.0732. The highest BCUT2D eigenvalue weighted by Crippen LogP contribution is 2.19. The van der Waals surface area contributed by atoms with E-state index in [-0.39, 0.29) is 5.91 Å². The molecule has 1 amide bonds. The second kappa shape index (κ2) is 7.59. The molecule has 0 aromatic carbocycles. The van der Waals surface area contributed by atoms with Crippen LogP contribution in [0.2, 0.25) is 0 Å².